The van der Waals surface area contributed by atoms with E-state index in [1.165, 1.54) is 6.92 Å². The number of benzene rings is 1. The second-order valence-corrected chi connectivity index (χ2v) is 21.7. The number of ketones is 4. The van der Waals surface area contributed by atoms with Crippen molar-refractivity contribution in [3.63, 3.8) is 0 Å². The standard InChI is InChI=1S/C57H90N8O16/c1-10-34(8)41(28-40(67)31-80-21-20-79-19-18-60-54(75)42(58)11-2)53(74)65-50(33(6)7)48(70)24-37(27-49(59)71)51(72)61-35(9)46(68)26-39-30-81-57(78)38(23-36-16-14-13-15-17-36)25-47(69)44(22-32(4)5)63-55(76)43(12-3)62-56(77)45(29-66)64-52(39)73/h13-17,32-35,37-39,41-45,50,66H,10-12,18-31,58H2,1-9H3,(H2,59,71)(H,60,75)(H,61,72)(H,62,77)(H,63,76)(H,64,73)(H,65,74)/t34?,35-,37-,38+,39-,41-,42-,43-,44-,45-,50-/m0/s1. The second-order valence-electron chi connectivity index (χ2n) is 21.7. The van der Waals surface area contributed by atoms with Crippen LogP contribution < -0.4 is 43.4 Å². The van der Waals surface area contributed by atoms with Gasteiger partial charge in [-0.25, -0.2) is 0 Å². The molecule has 1 aliphatic heterocycles. The number of primary amides is 1. The highest BCUT2D eigenvalue weighted by molar-refractivity contribution is 5.99. The molecular weight excluding hydrogens is 1050 g/mol. The minimum absolute atomic E-state index is 0.0295. The molecule has 11 atom stereocenters. The number of nitrogens with two attached hydrogens (primary N) is 2. The number of carbonyl (C=O) groups excluding carboxylic acids is 12. The van der Waals surface area contributed by atoms with Crippen LogP contribution in [0.2, 0.25) is 0 Å². The molecule has 0 bridgehead atoms. The van der Waals surface area contributed by atoms with E-state index >= 15 is 0 Å². The largest absolute Gasteiger partial charge is 0.465 e. The van der Waals surface area contributed by atoms with Gasteiger partial charge in [0.2, 0.25) is 41.4 Å². The molecule has 1 aromatic rings. The number of ether oxygens (including phenoxy) is 3. The fraction of sp³-hybridized carbons (Fsp3) is 0.684. The van der Waals surface area contributed by atoms with Crippen molar-refractivity contribution in [2.45, 2.75) is 163 Å². The van der Waals surface area contributed by atoms with Gasteiger partial charge < -0.3 is 62.7 Å². The maximum absolute atomic E-state index is 14.0. The molecular formula is C57H90N8O16. The Morgan fingerprint density at radius 3 is 1.95 bits per heavy atom. The number of esters is 1. The summed E-state index contributed by atoms with van der Waals surface area (Å²) in [5.74, 6) is -14.6. The molecule has 0 aliphatic carbocycles. The lowest BCUT2D eigenvalue weighted by Gasteiger charge is -2.28. The Labute approximate surface area is 475 Å². The predicted octanol–water partition coefficient (Wildman–Crippen LogP) is 0.444. The van der Waals surface area contributed by atoms with Gasteiger partial charge in [-0.15, -0.1) is 0 Å². The zero-order valence-corrected chi connectivity index (χ0v) is 48.6. The Kier molecular flexibility index (Phi) is 32.1. The first-order valence-corrected chi connectivity index (χ1v) is 28.2. The van der Waals surface area contributed by atoms with E-state index in [1.54, 1.807) is 65.0 Å². The van der Waals surface area contributed by atoms with E-state index in [0.29, 0.717) is 18.4 Å². The highest BCUT2D eigenvalue weighted by Gasteiger charge is 2.38. The second kappa shape index (κ2) is 36.8. The monoisotopic (exact) mass is 1140 g/mol. The summed E-state index contributed by atoms with van der Waals surface area (Å²) in [6.07, 6.45) is -1.29. The lowest BCUT2D eigenvalue weighted by atomic mass is 9.85. The van der Waals surface area contributed by atoms with Crippen molar-refractivity contribution in [2.24, 2.45) is 52.9 Å². The van der Waals surface area contributed by atoms with Crippen LogP contribution in [-0.4, -0.2) is 158 Å². The van der Waals surface area contributed by atoms with Gasteiger partial charge in [0.05, 0.1) is 68.3 Å². The average molecular weight is 1140 g/mol. The fourth-order valence-corrected chi connectivity index (χ4v) is 8.86. The third-order valence-electron chi connectivity index (χ3n) is 14.1. The van der Waals surface area contributed by atoms with Gasteiger partial charge in [0, 0.05) is 44.6 Å². The lowest BCUT2D eigenvalue weighted by Crippen LogP contribution is -2.57. The Balaban J connectivity index is 2.30. The number of amides is 7. The van der Waals surface area contributed by atoms with Crippen LogP contribution in [-0.2, 0) is 78.2 Å². The topological polar surface area (TPSA) is 377 Å². The van der Waals surface area contributed by atoms with Crippen molar-refractivity contribution in [3.8, 4) is 0 Å². The molecule has 24 nitrogen and oxygen atoms in total. The van der Waals surface area contributed by atoms with E-state index in [0.717, 1.165) is 0 Å². The van der Waals surface area contributed by atoms with Crippen molar-refractivity contribution in [2.75, 3.05) is 46.2 Å². The van der Waals surface area contributed by atoms with Gasteiger partial charge in [0.25, 0.3) is 0 Å². The minimum atomic E-state index is -1.66. The van der Waals surface area contributed by atoms with Gasteiger partial charge in [-0.3, -0.25) is 57.5 Å². The number of nitrogens with one attached hydrogen (secondary N) is 6. The number of Topliss-reactive ketones (excluding diaryl/α,β-unsaturated/α-hetero) is 4. The van der Waals surface area contributed by atoms with Crippen LogP contribution in [0.4, 0.5) is 0 Å². The first kappa shape index (κ1) is 70.6. The maximum atomic E-state index is 14.0. The summed E-state index contributed by atoms with van der Waals surface area (Å²) >= 11 is 0. The van der Waals surface area contributed by atoms with Gasteiger partial charge in [-0.05, 0) is 55.9 Å². The van der Waals surface area contributed by atoms with Crippen molar-refractivity contribution >= 4 is 70.5 Å². The molecule has 2 rings (SSSR count). The Bertz CT molecular complexity index is 2280. The summed E-state index contributed by atoms with van der Waals surface area (Å²) in [6.45, 7) is 13.9. The van der Waals surface area contributed by atoms with Crippen LogP contribution >= 0.6 is 0 Å². The minimum Gasteiger partial charge on any atom is -0.465 e. The molecule has 1 aromatic carbocycles. The van der Waals surface area contributed by atoms with E-state index in [4.69, 9.17) is 25.7 Å². The summed E-state index contributed by atoms with van der Waals surface area (Å²) in [5.41, 5.74) is 11.9. The summed E-state index contributed by atoms with van der Waals surface area (Å²) in [7, 11) is 0. The molecule has 24 heteroatoms. The SMILES string of the molecule is CCC(C)[C@H](CC(=O)COCCOCCNC(=O)[C@@H](N)CC)C(=O)N[C@H](C(=O)C[C@@H](CC(N)=O)C(=O)N[C@@H](C)C(=O)C[C@H]1COC(=O)[C@H](Cc2ccccc2)CC(=O)[C@H](CC(C)C)NC(=O)[C@H](CC)NC(=O)[C@H](CO)NC1=O)C(C)C. The summed E-state index contributed by atoms with van der Waals surface area (Å²) in [6, 6.07) is 1.63. The predicted molar refractivity (Wildman–Crippen MR) is 297 cm³/mol. The molecule has 11 N–H and O–H groups in total. The first-order valence-electron chi connectivity index (χ1n) is 28.2. The van der Waals surface area contributed by atoms with Crippen molar-refractivity contribution in [1.29, 1.82) is 0 Å². The molecule has 1 fully saturated rings. The lowest BCUT2D eigenvalue weighted by molar-refractivity contribution is -0.154. The smallest absolute Gasteiger partial charge is 0.309 e. The number of hydrogen-bond acceptors (Lipinski definition) is 17. The van der Waals surface area contributed by atoms with Crippen molar-refractivity contribution in [3.05, 3.63) is 35.9 Å². The van der Waals surface area contributed by atoms with Crippen LogP contribution in [0, 0.1) is 41.4 Å². The third-order valence-corrected chi connectivity index (χ3v) is 14.1. The van der Waals surface area contributed by atoms with E-state index in [2.05, 4.69) is 31.9 Å². The number of aliphatic hydroxyl groups excluding tert-OH is 1. The van der Waals surface area contributed by atoms with Crippen LogP contribution in [0.3, 0.4) is 0 Å². The van der Waals surface area contributed by atoms with Gasteiger partial charge in [0.15, 0.2) is 23.1 Å². The van der Waals surface area contributed by atoms with Crippen molar-refractivity contribution in [1.82, 2.24) is 31.9 Å². The van der Waals surface area contributed by atoms with Gasteiger partial charge in [0.1, 0.15) is 25.3 Å². The molecule has 1 saturated heterocycles. The van der Waals surface area contributed by atoms with Crippen molar-refractivity contribution < 1.29 is 76.9 Å². The van der Waals surface area contributed by atoms with Gasteiger partial charge in [-0.2, -0.15) is 0 Å². The molecule has 1 heterocycles. The van der Waals surface area contributed by atoms with E-state index < -0.39 is 157 Å². The van der Waals surface area contributed by atoms with Gasteiger partial charge in [-0.1, -0.05) is 92.1 Å². The number of hydrogen-bond donors (Lipinski definition) is 9. The number of cyclic esters (lactones) is 1. The zero-order valence-electron chi connectivity index (χ0n) is 48.6. The normalized spacial score (nSPS) is 20.8. The summed E-state index contributed by atoms with van der Waals surface area (Å²) in [4.78, 5) is 162. The molecule has 0 spiro atoms. The molecule has 7 amide bonds. The van der Waals surface area contributed by atoms with Crippen LogP contribution in [0.25, 0.3) is 0 Å². The molecule has 1 unspecified atom stereocenters. The molecule has 0 aromatic heterocycles. The van der Waals surface area contributed by atoms with Crippen LogP contribution in [0.15, 0.2) is 30.3 Å². The molecule has 0 saturated carbocycles. The Morgan fingerprint density at radius 2 is 1.36 bits per heavy atom. The fourth-order valence-electron chi connectivity index (χ4n) is 8.86. The number of aliphatic hydroxyl groups is 1. The molecule has 454 valence electrons. The Hall–Kier alpha value is -6.50. The third kappa shape index (κ3) is 25.5. The average Bonchev–Trinajstić information content (AvgIpc) is 3.44. The summed E-state index contributed by atoms with van der Waals surface area (Å²) in [5, 5.41) is 25.7. The molecule has 1 aliphatic rings. The van der Waals surface area contributed by atoms with Gasteiger partial charge >= 0.3 is 5.97 Å². The number of carbonyl (C=O) groups is 12. The summed E-state index contributed by atoms with van der Waals surface area (Å²) < 4.78 is 16.6. The van der Waals surface area contributed by atoms with E-state index in [1.807, 2.05) is 20.8 Å². The Morgan fingerprint density at radius 1 is 0.728 bits per heavy atom. The van der Waals surface area contributed by atoms with E-state index in [9.17, 15) is 62.6 Å². The highest BCUT2D eigenvalue weighted by atomic mass is 16.5. The first-order chi connectivity index (χ1) is 38.3. The van der Waals surface area contributed by atoms with Crippen LogP contribution in [0.5, 0.6) is 0 Å². The van der Waals surface area contributed by atoms with E-state index in [-0.39, 0.29) is 88.6 Å². The number of rotatable bonds is 33. The molecule has 81 heavy (non-hydrogen) atoms. The zero-order chi connectivity index (χ0) is 60.9. The highest BCUT2D eigenvalue weighted by Crippen LogP contribution is 2.24. The molecule has 0 radical (unpaired) electrons. The maximum Gasteiger partial charge on any atom is 0.309 e. The quantitative estimate of drug-likeness (QED) is 0.0341. The van der Waals surface area contributed by atoms with Crippen LogP contribution in [0.1, 0.15) is 126 Å².